The zero-order chi connectivity index (χ0) is 18.5. The van der Waals surface area contributed by atoms with Crippen LogP contribution in [0.2, 0.25) is 10.3 Å². The SMILES string of the molecule is Cc1cc(N2CCC3(CC2)CC(=O)c2cc(Cl)cc(C)c2O3)nc(Cl)n1. The Labute approximate surface area is 162 Å². The number of anilines is 1. The maximum atomic E-state index is 12.7. The predicted octanol–water partition coefficient (Wildman–Crippen LogP) is 4.40. The zero-order valence-corrected chi connectivity index (χ0v) is 16.2. The molecular formula is C19H19Cl2N3O2. The van der Waals surface area contributed by atoms with Crippen LogP contribution in [0.3, 0.4) is 0 Å². The van der Waals surface area contributed by atoms with Gasteiger partial charge in [0.1, 0.15) is 17.2 Å². The zero-order valence-electron chi connectivity index (χ0n) is 14.7. The van der Waals surface area contributed by atoms with Crippen molar-refractivity contribution in [3.05, 3.63) is 45.3 Å². The van der Waals surface area contributed by atoms with Crippen LogP contribution < -0.4 is 9.64 Å². The fraction of sp³-hybridized carbons (Fsp3) is 0.421. The van der Waals surface area contributed by atoms with Gasteiger partial charge >= 0.3 is 0 Å². The monoisotopic (exact) mass is 391 g/mol. The molecule has 0 N–H and O–H groups in total. The third kappa shape index (κ3) is 3.14. The highest BCUT2D eigenvalue weighted by atomic mass is 35.5. The van der Waals surface area contributed by atoms with Gasteiger partial charge < -0.3 is 9.64 Å². The van der Waals surface area contributed by atoms with Gasteiger partial charge in [-0.25, -0.2) is 9.97 Å². The largest absolute Gasteiger partial charge is 0.486 e. The van der Waals surface area contributed by atoms with Gasteiger partial charge in [0.15, 0.2) is 5.78 Å². The van der Waals surface area contributed by atoms with Crippen LogP contribution in [0.4, 0.5) is 5.82 Å². The molecule has 4 rings (SSSR count). The first kappa shape index (κ1) is 17.6. The molecule has 0 amide bonds. The second-order valence-electron chi connectivity index (χ2n) is 7.11. The minimum absolute atomic E-state index is 0.103. The van der Waals surface area contributed by atoms with Crippen LogP contribution in [0, 0.1) is 13.8 Å². The normalized spacial score (nSPS) is 18.6. The van der Waals surface area contributed by atoms with Crippen LogP contribution in [0.25, 0.3) is 0 Å². The Morgan fingerprint density at radius 1 is 1.12 bits per heavy atom. The van der Waals surface area contributed by atoms with Crippen molar-refractivity contribution in [2.24, 2.45) is 0 Å². The first-order valence-corrected chi connectivity index (χ1v) is 9.39. The van der Waals surface area contributed by atoms with Crippen molar-refractivity contribution in [1.29, 1.82) is 0 Å². The first-order chi connectivity index (χ1) is 12.3. The molecule has 0 bridgehead atoms. The van der Waals surface area contributed by atoms with E-state index in [2.05, 4.69) is 14.9 Å². The summed E-state index contributed by atoms with van der Waals surface area (Å²) in [6.07, 6.45) is 1.89. The number of ether oxygens (including phenoxy) is 1. The molecule has 7 heteroatoms. The lowest BCUT2D eigenvalue weighted by molar-refractivity contribution is 0.0225. The minimum atomic E-state index is -0.453. The number of carbonyl (C=O) groups excluding carboxylic acids is 1. The number of aromatic nitrogens is 2. The molecule has 26 heavy (non-hydrogen) atoms. The van der Waals surface area contributed by atoms with Crippen molar-refractivity contribution in [2.45, 2.75) is 38.7 Å². The van der Waals surface area contributed by atoms with Gasteiger partial charge in [-0.05, 0) is 43.1 Å². The van der Waals surface area contributed by atoms with E-state index in [9.17, 15) is 4.79 Å². The van der Waals surface area contributed by atoms with Crippen molar-refractivity contribution in [1.82, 2.24) is 9.97 Å². The van der Waals surface area contributed by atoms with Gasteiger partial charge in [-0.1, -0.05) is 11.6 Å². The summed E-state index contributed by atoms with van der Waals surface area (Å²) in [5.41, 5.74) is 1.89. The number of Topliss-reactive ketones (excluding diaryl/α,β-unsaturated/α-hetero) is 1. The number of halogens is 2. The number of fused-ring (bicyclic) bond motifs is 1. The molecule has 0 aliphatic carbocycles. The lowest BCUT2D eigenvalue weighted by atomic mass is 9.82. The Morgan fingerprint density at radius 3 is 2.54 bits per heavy atom. The topological polar surface area (TPSA) is 55.3 Å². The Hall–Kier alpha value is -1.85. The number of hydrogen-bond donors (Lipinski definition) is 0. The molecular weight excluding hydrogens is 373 g/mol. The summed E-state index contributed by atoms with van der Waals surface area (Å²) in [7, 11) is 0. The smallest absolute Gasteiger partial charge is 0.224 e. The molecule has 3 heterocycles. The second kappa shape index (κ2) is 6.39. The van der Waals surface area contributed by atoms with Gasteiger partial charge in [0.2, 0.25) is 5.28 Å². The van der Waals surface area contributed by atoms with Crippen LogP contribution in [-0.2, 0) is 0 Å². The fourth-order valence-corrected chi connectivity index (χ4v) is 4.31. The maximum Gasteiger partial charge on any atom is 0.224 e. The van der Waals surface area contributed by atoms with E-state index >= 15 is 0 Å². The Balaban J connectivity index is 1.56. The van der Waals surface area contributed by atoms with E-state index in [0.717, 1.165) is 43.0 Å². The highest BCUT2D eigenvalue weighted by Gasteiger charge is 2.43. The quantitative estimate of drug-likeness (QED) is 0.674. The lowest BCUT2D eigenvalue weighted by Crippen LogP contribution is -2.51. The number of aryl methyl sites for hydroxylation is 2. The van der Waals surface area contributed by atoms with Crippen molar-refractivity contribution < 1.29 is 9.53 Å². The van der Waals surface area contributed by atoms with Crippen molar-refractivity contribution in [2.75, 3.05) is 18.0 Å². The van der Waals surface area contributed by atoms with Crippen LogP contribution in [0.1, 0.15) is 40.9 Å². The number of hydrogen-bond acceptors (Lipinski definition) is 5. The predicted molar refractivity (Wildman–Crippen MR) is 102 cm³/mol. The number of benzene rings is 1. The maximum absolute atomic E-state index is 12.7. The second-order valence-corrected chi connectivity index (χ2v) is 7.88. The third-order valence-corrected chi connectivity index (χ3v) is 5.54. The molecule has 1 aromatic carbocycles. The van der Waals surface area contributed by atoms with Crippen LogP contribution >= 0.6 is 23.2 Å². The van der Waals surface area contributed by atoms with E-state index < -0.39 is 5.60 Å². The highest BCUT2D eigenvalue weighted by Crippen LogP contribution is 2.42. The molecule has 0 radical (unpaired) electrons. The van der Waals surface area contributed by atoms with Gasteiger partial charge in [-0.2, -0.15) is 0 Å². The number of nitrogens with zero attached hydrogens (tertiary/aromatic N) is 3. The average molecular weight is 392 g/mol. The van der Waals surface area contributed by atoms with Crippen molar-refractivity contribution >= 4 is 34.8 Å². The Kier molecular flexibility index (Phi) is 4.32. The third-order valence-electron chi connectivity index (χ3n) is 5.15. The number of ketones is 1. The summed E-state index contributed by atoms with van der Waals surface area (Å²) in [5, 5.41) is 0.825. The summed E-state index contributed by atoms with van der Waals surface area (Å²) in [6.45, 7) is 5.33. The Morgan fingerprint density at radius 2 is 1.85 bits per heavy atom. The minimum Gasteiger partial charge on any atom is -0.486 e. The number of carbonyl (C=O) groups is 1. The van der Waals surface area contributed by atoms with Gasteiger partial charge in [-0.3, -0.25) is 4.79 Å². The molecule has 0 atom stereocenters. The Bertz CT molecular complexity index is 872. The average Bonchev–Trinajstić information content (AvgIpc) is 2.56. The molecule has 1 saturated heterocycles. The van der Waals surface area contributed by atoms with E-state index in [-0.39, 0.29) is 11.1 Å². The van der Waals surface area contributed by atoms with Gasteiger partial charge in [0, 0.05) is 42.7 Å². The van der Waals surface area contributed by atoms with Crippen molar-refractivity contribution in [3.8, 4) is 5.75 Å². The first-order valence-electron chi connectivity index (χ1n) is 8.64. The molecule has 1 aromatic heterocycles. The summed E-state index contributed by atoms with van der Waals surface area (Å²) in [5.74, 6) is 1.61. The van der Waals surface area contributed by atoms with E-state index in [0.29, 0.717) is 22.8 Å². The number of piperidine rings is 1. The van der Waals surface area contributed by atoms with Gasteiger partial charge in [0.05, 0.1) is 12.0 Å². The molecule has 1 spiro atoms. The summed E-state index contributed by atoms with van der Waals surface area (Å²) in [4.78, 5) is 23.3. The summed E-state index contributed by atoms with van der Waals surface area (Å²) in [6, 6.07) is 5.48. The van der Waals surface area contributed by atoms with Crippen LogP contribution in [0.5, 0.6) is 5.75 Å². The molecule has 2 aromatic rings. The molecule has 5 nitrogen and oxygen atoms in total. The molecule has 0 unspecified atom stereocenters. The summed E-state index contributed by atoms with van der Waals surface area (Å²) < 4.78 is 6.38. The van der Waals surface area contributed by atoms with Crippen molar-refractivity contribution in [3.63, 3.8) is 0 Å². The molecule has 0 saturated carbocycles. The summed E-state index contributed by atoms with van der Waals surface area (Å²) >= 11 is 12.1. The molecule has 2 aliphatic rings. The van der Waals surface area contributed by atoms with Gasteiger partial charge in [0.25, 0.3) is 0 Å². The molecule has 1 fully saturated rings. The molecule has 2 aliphatic heterocycles. The van der Waals surface area contributed by atoms with Crippen LogP contribution in [-0.4, -0.2) is 34.4 Å². The standard InChI is InChI=1S/C19H19Cl2N3O2/c1-11-7-13(20)9-14-15(25)10-19(26-17(11)14)3-5-24(6-4-19)16-8-12(2)22-18(21)23-16/h7-9H,3-6,10H2,1-2H3. The van der Waals surface area contributed by atoms with E-state index in [1.54, 1.807) is 6.07 Å². The fourth-order valence-electron chi connectivity index (χ4n) is 3.81. The van der Waals surface area contributed by atoms with E-state index in [1.165, 1.54) is 0 Å². The van der Waals surface area contributed by atoms with Gasteiger partial charge in [-0.15, -0.1) is 0 Å². The van der Waals surface area contributed by atoms with E-state index in [4.69, 9.17) is 27.9 Å². The van der Waals surface area contributed by atoms with Crippen LogP contribution in [0.15, 0.2) is 18.2 Å². The highest BCUT2D eigenvalue weighted by molar-refractivity contribution is 6.31. The van der Waals surface area contributed by atoms with E-state index in [1.807, 2.05) is 26.0 Å². The lowest BCUT2D eigenvalue weighted by Gasteiger charge is -2.44. The molecule has 136 valence electrons. The number of rotatable bonds is 1.